The van der Waals surface area contributed by atoms with Crippen LogP contribution in [0, 0.1) is 0 Å². The van der Waals surface area contributed by atoms with Crippen molar-refractivity contribution in [2.24, 2.45) is 5.10 Å². The highest BCUT2D eigenvalue weighted by Crippen LogP contribution is 2.29. The first-order valence-corrected chi connectivity index (χ1v) is 13.1. The number of rotatable bonds is 8. The highest BCUT2D eigenvalue weighted by atomic mass is 35.5. The van der Waals surface area contributed by atoms with Gasteiger partial charge in [-0.3, -0.25) is 9.10 Å². The SMILES string of the molecule is O=C(N/N=C/c1c(Cl)cccc1Cl)c1ccccc1N(Cc1ccccc1)S(=O)(=O)c1ccccc1. The first kappa shape index (κ1) is 25.4. The highest BCUT2D eigenvalue weighted by Gasteiger charge is 2.28. The van der Waals surface area contributed by atoms with Gasteiger partial charge in [0.1, 0.15) is 0 Å². The molecular formula is C27H21Cl2N3O3S. The van der Waals surface area contributed by atoms with Gasteiger partial charge < -0.3 is 0 Å². The number of amides is 1. The zero-order chi connectivity index (χ0) is 25.5. The van der Waals surface area contributed by atoms with Crippen molar-refractivity contribution in [1.82, 2.24) is 5.43 Å². The van der Waals surface area contributed by atoms with Crippen molar-refractivity contribution < 1.29 is 13.2 Å². The molecule has 0 fully saturated rings. The lowest BCUT2D eigenvalue weighted by atomic mass is 10.1. The number of benzene rings is 4. The molecule has 1 amide bonds. The third-order valence-corrected chi connectivity index (χ3v) is 7.71. The van der Waals surface area contributed by atoms with E-state index in [1.54, 1.807) is 60.7 Å². The molecular weight excluding hydrogens is 517 g/mol. The molecule has 0 aliphatic heterocycles. The molecule has 0 saturated heterocycles. The van der Waals surface area contributed by atoms with Gasteiger partial charge in [0.05, 0.1) is 39.0 Å². The van der Waals surface area contributed by atoms with Crippen LogP contribution in [0.4, 0.5) is 5.69 Å². The molecule has 0 aromatic heterocycles. The zero-order valence-electron chi connectivity index (χ0n) is 18.9. The van der Waals surface area contributed by atoms with Crippen molar-refractivity contribution in [3.8, 4) is 0 Å². The van der Waals surface area contributed by atoms with Gasteiger partial charge in [-0.05, 0) is 42.0 Å². The maximum absolute atomic E-state index is 13.7. The maximum atomic E-state index is 13.7. The van der Waals surface area contributed by atoms with Crippen LogP contribution in [0.5, 0.6) is 0 Å². The molecule has 0 heterocycles. The third-order valence-electron chi connectivity index (χ3n) is 5.28. The van der Waals surface area contributed by atoms with E-state index in [0.29, 0.717) is 15.6 Å². The molecule has 4 aromatic carbocycles. The smallest absolute Gasteiger partial charge is 0.267 e. The number of hydrogen-bond donors (Lipinski definition) is 1. The Morgan fingerprint density at radius 1 is 0.806 bits per heavy atom. The zero-order valence-corrected chi connectivity index (χ0v) is 21.2. The Hall–Kier alpha value is -3.65. The van der Waals surface area contributed by atoms with Crippen molar-refractivity contribution >= 4 is 51.0 Å². The fraction of sp³-hybridized carbons (Fsp3) is 0.0370. The molecule has 0 spiro atoms. The van der Waals surface area contributed by atoms with Crippen LogP contribution < -0.4 is 9.73 Å². The summed E-state index contributed by atoms with van der Waals surface area (Å²) >= 11 is 12.3. The summed E-state index contributed by atoms with van der Waals surface area (Å²) in [4.78, 5) is 13.2. The van der Waals surface area contributed by atoms with Crippen molar-refractivity contribution in [3.05, 3.63) is 130 Å². The molecule has 0 saturated carbocycles. The van der Waals surface area contributed by atoms with E-state index in [2.05, 4.69) is 10.5 Å². The summed E-state index contributed by atoms with van der Waals surface area (Å²) in [6.07, 6.45) is 1.34. The monoisotopic (exact) mass is 537 g/mol. The number of nitrogens with one attached hydrogen (secondary N) is 1. The van der Waals surface area contributed by atoms with Crippen LogP contribution in [0.3, 0.4) is 0 Å². The van der Waals surface area contributed by atoms with Crippen molar-refractivity contribution in [1.29, 1.82) is 0 Å². The number of carbonyl (C=O) groups is 1. The van der Waals surface area contributed by atoms with Crippen molar-refractivity contribution in [2.75, 3.05) is 4.31 Å². The molecule has 0 atom stereocenters. The van der Waals surface area contributed by atoms with Crippen LogP contribution in [-0.4, -0.2) is 20.5 Å². The first-order valence-electron chi connectivity index (χ1n) is 10.9. The van der Waals surface area contributed by atoms with Crippen molar-refractivity contribution in [3.63, 3.8) is 0 Å². The average molecular weight is 538 g/mol. The topological polar surface area (TPSA) is 78.8 Å². The summed E-state index contributed by atoms with van der Waals surface area (Å²) in [6, 6.07) is 28.7. The van der Waals surface area contributed by atoms with Crippen LogP contribution in [0.15, 0.2) is 113 Å². The Labute approximate surface area is 219 Å². The molecule has 4 rings (SSSR count). The normalized spacial score (nSPS) is 11.4. The predicted molar refractivity (Wildman–Crippen MR) is 144 cm³/mol. The standard InChI is InChI=1S/C27H21Cl2N3O3S/c28-24-15-9-16-25(29)23(24)18-30-31-27(33)22-14-7-8-17-26(22)32(19-20-10-3-1-4-11-20)36(34,35)21-12-5-2-6-13-21/h1-18H,19H2,(H,31,33)/b30-18+. The van der Waals surface area contributed by atoms with Gasteiger partial charge in [-0.25, -0.2) is 13.8 Å². The van der Waals surface area contributed by atoms with Crippen molar-refractivity contribution in [2.45, 2.75) is 11.4 Å². The van der Waals surface area contributed by atoms with Crippen LogP contribution in [-0.2, 0) is 16.6 Å². The molecule has 4 aromatic rings. The van der Waals surface area contributed by atoms with Gasteiger partial charge in [0.2, 0.25) is 0 Å². The summed E-state index contributed by atoms with van der Waals surface area (Å²) in [5.74, 6) is -0.591. The summed E-state index contributed by atoms with van der Waals surface area (Å²) < 4.78 is 28.7. The average Bonchev–Trinajstić information content (AvgIpc) is 2.90. The Morgan fingerprint density at radius 3 is 2.06 bits per heavy atom. The molecule has 0 bridgehead atoms. The molecule has 0 aliphatic rings. The summed E-state index contributed by atoms with van der Waals surface area (Å²) in [5, 5.41) is 4.74. The molecule has 1 N–H and O–H groups in total. The minimum atomic E-state index is -4.00. The second-order valence-electron chi connectivity index (χ2n) is 7.66. The van der Waals surface area contributed by atoms with E-state index in [0.717, 1.165) is 5.56 Å². The lowest BCUT2D eigenvalue weighted by molar-refractivity contribution is 0.0955. The van der Waals surface area contributed by atoms with E-state index in [-0.39, 0.29) is 22.7 Å². The molecule has 0 aliphatic carbocycles. The second-order valence-corrected chi connectivity index (χ2v) is 10.3. The summed E-state index contributed by atoms with van der Waals surface area (Å²) in [7, 11) is -4.00. The van der Waals surface area contributed by atoms with Gasteiger partial charge in [-0.2, -0.15) is 5.10 Å². The van der Waals surface area contributed by atoms with Crippen LogP contribution in [0.2, 0.25) is 10.0 Å². The highest BCUT2D eigenvalue weighted by molar-refractivity contribution is 7.92. The Balaban J connectivity index is 1.71. The van der Waals surface area contributed by atoms with Gasteiger partial charge >= 0.3 is 0 Å². The lowest BCUT2D eigenvalue weighted by Gasteiger charge is -2.26. The van der Waals surface area contributed by atoms with E-state index in [9.17, 15) is 13.2 Å². The molecule has 36 heavy (non-hydrogen) atoms. The Bertz CT molecular complexity index is 1480. The summed E-state index contributed by atoms with van der Waals surface area (Å²) in [6.45, 7) is 0.0286. The van der Waals surface area contributed by atoms with Gasteiger partial charge in [0.15, 0.2) is 0 Å². The number of sulfonamides is 1. The minimum absolute atomic E-state index is 0.0286. The fourth-order valence-electron chi connectivity index (χ4n) is 3.50. The Kier molecular flexibility index (Phi) is 8.05. The number of carbonyl (C=O) groups excluding carboxylic acids is 1. The van der Waals surface area contributed by atoms with Gasteiger partial charge in [0.25, 0.3) is 15.9 Å². The van der Waals surface area contributed by atoms with E-state index < -0.39 is 15.9 Å². The Morgan fingerprint density at radius 2 is 1.39 bits per heavy atom. The second kappa shape index (κ2) is 11.4. The fourth-order valence-corrected chi connectivity index (χ4v) is 5.49. The number of hydrazone groups is 1. The lowest BCUT2D eigenvalue weighted by Crippen LogP contribution is -2.33. The van der Waals surface area contributed by atoms with E-state index in [1.165, 1.54) is 22.7 Å². The van der Waals surface area contributed by atoms with Crippen LogP contribution >= 0.6 is 23.2 Å². The molecule has 6 nitrogen and oxygen atoms in total. The molecule has 9 heteroatoms. The number of anilines is 1. The van der Waals surface area contributed by atoms with Gasteiger partial charge in [-0.1, -0.05) is 89.9 Å². The summed E-state index contributed by atoms with van der Waals surface area (Å²) in [5.41, 5.74) is 4.01. The van der Waals surface area contributed by atoms with Crippen LogP contribution in [0.25, 0.3) is 0 Å². The van der Waals surface area contributed by atoms with Crippen LogP contribution in [0.1, 0.15) is 21.5 Å². The number of para-hydroxylation sites is 1. The predicted octanol–water partition coefficient (Wildman–Crippen LogP) is 6.15. The van der Waals surface area contributed by atoms with E-state index in [4.69, 9.17) is 23.2 Å². The molecule has 0 radical (unpaired) electrons. The quantitative estimate of drug-likeness (QED) is 0.216. The van der Waals surface area contributed by atoms with Gasteiger partial charge in [0, 0.05) is 5.56 Å². The number of nitrogens with zero attached hydrogens (tertiary/aromatic N) is 2. The first-order chi connectivity index (χ1) is 17.4. The number of halogens is 2. The molecule has 182 valence electrons. The van der Waals surface area contributed by atoms with E-state index >= 15 is 0 Å². The third kappa shape index (κ3) is 5.76. The number of hydrogen-bond acceptors (Lipinski definition) is 4. The largest absolute Gasteiger partial charge is 0.273 e. The molecule has 0 unspecified atom stereocenters. The maximum Gasteiger partial charge on any atom is 0.273 e. The van der Waals surface area contributed by atoms with Gasteiger partial charge in [-0.15, -0.1) is 0 Å². The minimum Gasteiger partial charge on any atom is -0.267 e. The van der Waals surface area contributed by atoms with E-state index in [1.807, 2.05) is 30.3 Å².